The Labute approximate surface area is 137 Å². The Bertz CT molecular complexity index is 578. The molecule has 1 aromatic rings. The van der Waals surface area contributed by atoms with Gasteiger partial charge in [-0.3, -0.25) is 0 Å². The molecule has 23 heavy (non-hydrogen) atoms. The highest BCUT2D eigenvalue weighted by molar-refractivity contribution is 5.69. The van der Waals surface area contributed by atoms with Crippen LogP contribution in [-0.4, -0.2) is 33.8 Å². The van der Waals surface area contributed by atoms with E-state index in [2.05, 4.69) is 0 Å². The molecular formula is C19H25NO3. The van der Waals surface area contributed by atoms with Gasteiger partial charge in [0.25, 0.3) is 0 Å². The molecule has 2 atom stereocenters. The minimum absolute atomic E-state index is 0.0811. The Hall–Kier alpha value is -1.81. The van der Waals surface area contributed by atoms with E-state index in [1.807, 2.05) is 55.2 Å². The highest BCUT2D eigenvalue weighted by Gasteiger charge is 2.49. The van der Waals surface area contributed by atoms with Gasteiger partial charge in [-0.1, -0.05) is 42.0 Å². The summed E-state index contributed by atoms with van der Waals surface area (Å²) in [6, 6.07) is 9.88. The summed E-state index contributed by atoms with van der Waals surface area (Å²) in [5.74, 6) is 0. The molecule has 2 aliphatic rings. The second kappa shape index (κ2) is 6.36. The maximum atomic E-state index is 12.5. The Balaban J connectivity index is 1.64. The number of amides is 1. The number of carbonyl (C=O) groups is 1. The molecule has 1 amide bonds. The third-order valence-corrected chi connectivity index (χ3v) is 4.77. The third-order valence-electron chi connectivity index (χ3n) is 4.77. The number of allylic oxidation sites excluding steroid dienone is 1. The Morgan fingerprint density at radius 1 is 1.26 bits per heavy atom. The van der Waals surface area contributed by atoms with Gasteiger partial charge in [0.1, 0.15) is 6.61 Å². The average molecular weight is 315 g/mol. The first-order chi connectivity index (χ1) is 11.0. The molecule has 1 N–H and O–H groups in total. The highest BCUT2D eigenvalue weighted by Crippen LogP contribution is 2.42. The first-order valence-electron chi connectivity index (χ1n) is 8.34. The van der Waals surface area contributed by atoms with E-state index in [-0.39, 0.29) is 18.2 Å². The predicted octanol–water partition coefficient (Wildman–Crippen LogP) is 3.65. The van der Waals surface area contributed by atoms with Gasteiger partial charge in [-0.2, -0.15) is 0 Å². The van der Waals surface area contributed by atoms with Crippen LogP contribution in [0.2, 0.25) is 0 Å². The molecule has 2 unspecified atom stereocenters. The van der Waals surface area contributed by atoms with Crippen molar-refractivity contribution in [1.29, 1.82) is 0 Å². The second-order valence-electron chi connectivity index (χ2n) is 7.07. The number of carbonyl (C=O) groups excluding carboxylic acids is 1. The van der Waals surface area contributed by atoms with Crippen LogP contribution in [0.4, 0.5) is 4.79 Å². The third kappa shape index (κ3) is 3.58. The summed E-state index contributed by atoms with van der Waals surface area (Å²) >= 11 is 0. The van der Waals surface area contributed by atoms with Crippen LogP contribution in [0.5, 0.6) is 0 Å². The van der Waals surface area contributed by atoms with Crippen LogP contribution in [0.15, 0.2) is 42.0 Å². The maximum absolute atomic E-state index is 12.5. The molecule has 4 nitrogen and oxygen atoms in total. The lowest BCUT2D eigenvalue weighted by molar-refractivity contribution is -0.0184. The number of hydrogen-bond acceptors (Lipinski definition) is 3. The predicted molar refractivity (Wildman–Crippen MR) is 88.9 cm³/mol. The normalized spacial score (nSPS) is 29.3. The topological polar surface area (TPSA) is 49.8 Å². The molecule has 0 spiro atoms. The van der Waals surface area contributed by atoms with Crippen molar-refractivity contribution in [2.75, 3.05) is 0 Å². The van der Waals surface area contributed by atoms with E-state index in [9.17, 15) is 9.90 Å². The van der Waals surface area contributed by atoms with E-state index in [0.29, 0.717) is 19.4 Å². The average Bonchev–Trinajstić information content (AvgIpc) is 2.78. The van der Waals surface area contributed by atoms with Crippen LogP contribution >= 0.6 is 0 Å². The zero-order valence-electron chi connectivity index (χ0n) is 13.9. The van der Waals surface area contributed by atoms with Gasteiger partial charge in [0.2, 0.25) is 0 Å². The first-order valence-corrected chi connectivity index (χ1v) is 8.34. The Morgan fingerprint density at radius 2 is 1.87 bits per heavy atom. The van der Waals surface area contributed by atoms with Crippen molar-refractivity contribution in [2.45, 2.75) is 63.8 Å². The fourth-order valence-corrected chi connectivity index (χ4v) is 4.01. The van der Waals surface area contributed by atoms with E-state index in [4.69, 9.17) is 4.74 Å². The summed E-state index contributed by atoms with van der Waals surface area (Å²) in [5.41, 5.74) is 1.33. The molecule has 2 saturated heterocycles. The molecule has 124 valence electrons. The maximum Gasteiger partial charge on any atom is 0.410 e. The fraction of sp³-hybridized carbons (Fsp3) is 0.526. The zero-order valence-corrected chi connectivity index (χ0v) is 13.9. The van der Waals surface area contributed by atoms with E-state index in [1.165, 1.54) is 0 Å². The van der Waals surface area contributed by atoms with Crippen molar-refractivity contribution in [3.8, 4) is 0 Å². The minimum atomic E-state index is -0.777. The number of ether oxygens (including phenoxy) is 1. The molecular weight excluding hydrogens is 290 g/mol. The molecule has 3 rings (SSSR count). The first kappa shape index (κ1) is 16.1. The lowest BCUT2D eigenvalue weighted by atomic mass is 9.85. The van der Waals surface area contributed by atoms with Crippen molar-refractivity contribution < 1.29 is 14.6 Å². The van der Waals surface area contributed by atoms with Gasteiger partial charge in [-0.15, -0.1) is 0 Å². The van der Waals surface area contributed by atoms with Crippen LogP contribution in [0.25, 0.3) is 0 Å². The fourth-order valence-electron chi connectivity index (χ4n) is 4.01. The number of benzene rings is 1. The molecule has 2 heterocycles. The number of nitrogens with zero attached hydrogens (tertiary/aromatic N) is 1. The number of aliphatic hydroxyl groups is 1. The summed E-state index contributed by atoms with van der Waals surface area (Å²) in [6.07, 6.45) is 4.81. The molecule has 0 saturated carbocycles. The standard InChI is InChI=1S/C19H25NO3/c1-14(2)10-19(22)11-16-8-9-17(12-19)20(16)18(21)23-13-15-6-4-3-5-7-15/h3-7,10,16-17,22H,8-9,11-13H2,1-2H3. The largest absolute Gasteiger partial charge is 0.445 e. The number of rotatable bonds is 3. The van der Waals surface area contributed by atoms with Gasteiger partial charge in [0.05, 0.1) is 5.60 Å². The van der Waals surface area contributed by atoms with Gasteiger partial charge >= 0.3 is 6.09 Å². The zero-order chi connectivity index (χ0) is 16.4. The highest BCUT2D eigenvalue weighted by atomic mass is 16.6. The molecule has 0 radical (unpaired) electrons. The van der Waals surface area contributed by atoms with Crippen LogP contribution in [0.1, 0.15) is 45.1 Å². The van der Waals surface area contributed by atoms with Crippen molar-refractivity contribution in [3.63, 3.8) is 0 Å². The van der Waals surface area contributed by atoms with Crippen molar-refractivity contribution in [1.82, 2.24) is 4.90 Å². The number of piperidine rings is 1. The van der Waals surface area contributed by atoms with Crippen LogP contribution in [0.3, 0.4) is 0 Å². The number of fused-ring (bicyclic) bond motifs is 2. The summed E-state index contributed by atoms with van der Waals surface area (Å²) in [5, 5.41) is 10.8. The summed E-state index contributed by atoms with van der Waals surface area (Å²) in [4.78, 5) is 14.3. The van der Waals surface area contributed by atoms with E-state index in [0.717, 1.165) is 24.0 Å². The van der Waals surface area contributed by atoms with Crippen molar-refractivity contribution >= 4 is 6.09 Å². The van der Waals surface area contributed by atoms with Crippen LogP contribution < -0.4 is 0 Å². The quantitative estimate of drug-likeness (QED) is 0.866. The van der Waals surface area contributed by atoms with E-state index in [1.54, 1.807) is 0 Å². The summed E-state index contributed by atoms with van der Waals surface area (Å²) in [6.45, 7) is 4.30. The lowest BCUT2D eigenvalue weighted by Crippen LogP contribution is -2.52. The SMILES string of the molecule is CC(C)=CC1(O)CC2CCC(C1)N2C(=O)OCc1ccccc1. The van der Waals surface area contributed by atoms with Crippen molar-refractivity contribution in [3.05, 3.63) is 47.5 Å². The van der Waals surface area contributed by atoms with Crippen molar-refractivity contribution in [2.24, 2.45) is 0 Å². The molecule has 1 aromatic carbocycles. The van der Waals surface area contributed by atoms with Gasteiger partial charge in [0.15, 0.2) is 0 Å². The van der Waals surface area contributed by atoms with Gasteiger partial charge in [-0.05, 0) is 32.3 Å². The number of hydrogen-bond donors (Lipinski definition) is 1. The summed E-state index contributed by atoms with van der Waals surface area (Å²) in [7, 11) is 0. The van der Waals surface area contributed by atoms with Crippen LogP contribution in [0, 0.1) is 0 Å². The van der Waals surface area contributed by atoms with Gasteiger partial charge in [0, 0.05) is 24.9 Å². The summed E-state index contributed by atoms with van der Waals surface area (Å²) < 4.78 is 5.49. The second-order valence-corrected chi connectivity index (χ2v) is 7.07. The van der Waals surface area contributed by atoms with E-state index < -0.39 is 5.60 Å². The van der Waals surface area contributed by atoms with Crippen LogP contribution in [-0.2, 0) is 11.3 Å². The molecule has 2 fully saturated rings. The molecule has 2 aliphatic heterocycles. The Kier molecular flexibility index (Phi) is 4.44. The van der Waals surface area contributed by atoms with Gasteiger partial charge < -0.3 is 14.7 Å². The molecule has 2 bridgehead atoms. The Morgan fingerprint density at radius 3 is 2.43 bits per heavy atom. The smallest absolute Gasteiger partial charge is 0.410 e. The molecule has 0 aliphatic carbocycles. The van der Waals surface area contributed by atoms with Gasteiger partial charge in [-0.25, -0.2) is 4.79 Å². The lowest BCUT2D eigenvalue weighted by Gasteiger charge is -2.42. The molecule has 0 aromatic heterocycles. The minimum Gasteiger partial charge on any atom is -0.445 e. The molecule has 4 heteroatoms. The van der Waals surface area contributed by atoms with E-state index >= 15 is 0 Å². The monoisotopic (exact) mass is 315 g/mol.